The molecule has 0 spiro atoms. The first-order valence-electron chi connectivity index (χ1n) is 5.96. The molecule has 86 valence electrons. The number of nitrogens with one attached hydrogen (secondary N) is 1. The summed E-state index contributed by atoms with van der Waals surface area (Å²) >= 11 is 0. The maximum atomic E-state index is 5.91. The molecular weight excluding hydrogens is 198 g/mol. The van der Waals surface area contributed by atoms with Gasteiger partial charge in [-0.3, -0.25) is 0 Å². The van der Waals surface area contributed by atoms with Gasteiger partial charge in [-0.2, -0.15) is 0 Å². The molecule has 1 aromatic rings. The molecule has 2 rings (SSSR count). The second-order valence-electron chi connectivity index (χ2n) is 4.12. The minimum absolute atomic E-state index is 0.351. The summed E-state index contributed by atoms with van der Waals surface area (Å²) in [4.78, 5) is 0. The van der Waals surface area contributed by atoms with Crippen molar-refractivity contribution in [2.75, 3.05) is 13.1 Å². The molecule has 0 bridgehead atoms. The van der Waals surface area contributed by atoms with Crippen LogP contribution in [0.4, 0.5) is 0 Å². The van der Waals surface area contributed by atoms with Crippen LogP contribution in [-0.4, -0.2) is 19.2 Å². The third-order valence-electron chi connectivity index (χ3n) is 2.80. The summed E-state index contributed by atoms with van der Waals surface area (Å²) < 4.78 is 5.91. The van der Waals surface area contributed by atoms with Crippen molar-refractivity contribution in [3.63, 3.8) is 0 Å². The number of ether oxygens (including phenoxy) is 1. The highest BCUT2D eigenvalue weighted by Crippen LogP contribution is 2.10. The lowest BCUT2D eigenvalue weighted by molar-refractivity contribution is 0.0368. The zero-order valence-electron chi connectivity index (χ0n) is 9.56. The molecule has 1 aromatic carbocycles. The van der Waals surface area contributed by atoms with Crippen molar-refractivity contribution < 1.29 is 4.74 Å². The van der Waals surface area contributed by atoms with Gasteiger partial charge in [-0.1, -0.05) is 42.5 Å². The Balaban J connectivity index is 1.80. The Bertz CT molecular complexity index is 321. The Morgan fingerprint density at radius 3 is 2.94 bits per heavy atom. The van der Waals surface area contributed by atoms with Crippen molar-refractivity contribution in [2.24, 2.45) is 0 Å². The molecule has 1 aliphatic heterocycles. The van der Waals surface area contributed by atoms with Crippen LogP contribution >= 0.6 is 0 Å². The van der Waals surface area contributed by atoms with Gasteiger partial charge < -0.3 is 10.1 Å². The highest BCUT2D eigenvalue weighted by atomic mass is 16.5. The molecule has 0 aromatic heterocycles. The minimum atomic E-state index is 0.351. The van der Waals surface area contributed by atoms with E-state index in [4.69, 9.17) is 4.74 Å². The monoisotopic (exact) mass is 217 g/mol. The van der Waals surface area contributed by atoms with Crippen molar-refractivity contribution in [3.8, 4) is 0 Å². The molecule has 0 aliphatic carbocycles. The van der Waals surface area contributed by atoms with E-state index in [-0.39, 0.29) is 0 Å². The lowest BCUT2D eigenvalue weighted by atomic mass is 10.1. The molecule has 2 nitrogen and oxygen atoms in total. The average Bonchev–Trinajstić information content (AvgIpc) is 2.29. The molecule has 1 atom stereocenters. The second-order valence-corrected chi connectivity index (χ2v) is 4.12. The molecule has 0 saturated carbocycles. The Morgan fingerprint density at radius 2 is 2.06 bits per heavy atom. The smallest absolute Gasteiger partial charge is 0.0720 e. The van der Waals surface area contributed by atoms with Crippen LogP contribution in [0.15, 0.2) is 42.5 Å². The third kappa shape index (κ3) is 3.80. The molecule has 16 heavy (non-hydrogen) atoms. The van der Waals surface area contributed by atoms with Crippen LogP contribution < -0.4 is 5.32 Å². The average molecular weight is 217 g/mol. The van der Waals surface area contributed by atoms with Gasteiger partial charge in [0, 0.05) is 6.54 Å². The lowest BCUT2D eigenvalue weighted by Gasteiger charge is -2.18. The van der Waals surface area contributed by atoms with E-state index in [0.29, 0.717) is 6.10 Å². The van der Waals surface area contributed by atoms with Crippen LogP contribution in [0.3, 0.4) is 0 Å². The van der Waals surface area contributed by atoms with E-state index in [9.17, 15) is 0 Å². The summed E-state index contributed by atoms with van der Waals surface area (Å²) in [6.07, 6.45) is 6.87. The van der Waals surface area contributed by atoms with E-state index >= 15 is 0 Å². The van der Waals surface area contributed by atoms with Crippen molar-refractivity contribution in [3.05, 3.63) is 48.0 Å². The van der Waals surface area contributed by atoms with E-state index in [1.807, 2.05) is 6.07 Å². The van der Waals surface area contributed by atoms with Crippen LogP contribution in [0.2, 0.25) is 0 Å². The van der Waals surface area contributed by atoms with Gasteiger partial charge in [0.1, 0.15) is 0 Å². The predicted molar refractivity (Wildman–Crippen MR) is 66.3 cm³/mol. The SMILES string of the molecule is C1=CCC(OCc2ccccc2)CCNC1. The van der Waals surface area contributed by atoms with Gasteiger partial charge in [-0.25, -0.2) is 0 Å². The first-order chi connectivity index (χ1) is 7.95. The largest absolute Gasteiger partial charge is 0.373 e. The van der Waals surface area contributed by atoms with Crippen molar-refractivity contribution in [2.45, 2.75) is 25.6 Å². The van der Waals surface area contributed by atoms with Gasteiger partial charge >= 0.3 is 0 Å². The Kier molecular flexibility index (Phi) is 4.59. The highest BCUT2D eigenvalue weighted by molar-refractivity contribution is 5.13. The van der Waals surface area contributed by atoms with Gasteiger partial charge in [0.2, 0.25) is 0 Å². The Morgan fingerprint density at radius 1 is 1.19 bits per heavy atom. The molecule has 1 N–H and O–H groups in total. The molecule has 0 radical (unpaired) electrons. The Hall–Kier alpha value is -1.12. The molecule has 1 unspecified atom stereocenters. The number of hydrogen-bond acceptors (Lipinski definition) is 2. The van der Waals surface area contributed by atoms with Crippen molar-refractivity contribution >= 4 is 0 Å². The van der Waals surface area contributed by atoms with Gasteiger partial charge in [0.05, 0.1) is 12.7 Å². The first kappa shape index (κ1) is 11.4. The summed E-state index contributed by atoms with van der Waals surface area (Å²) in [5.74, 6) is 0. The van der Waals surface area contributed by atoms with E-state index < -0.39 is 0 Å². The Labute approximate surface area is 97.3 Å². The second kappa shape index (κ2) is 6.46. The van der Waals surface area contributed by atoms with E-state index in [1.165, 1.54) is 5.56 Å². The molecule has 1 heterocycles. The van der Waals surface area contributed by atoms with E-state index in [0.717, 1.165) is 32.5 Å². The maximum Gasteiger partial charge on any atom is 0.0720 e. The number of benzene rings is 1. The van der Waals surface area contributed by atoms with Gasteiger partial charge in [0.15, 0.2) is 0 Å². The van der Waals surface area contributed by atoms with Crippen LogP contribution in [0.5, 0.6) is 0 Å². The topological polar surface area (TPSA) is 21.3 Å². The van der Waals surface area contributed by atoms with Crippen LogP contribution in [0, 0.1) is 0 Å². The normalized spacial score (nSPS) is 21.4. The van der Waals surface area contributed by atoms with Crippen LogP contribution in [-0.2, 0) is 11.3 Å². The fourth-order valence-corrected chi connectivity index (χ4v) is 1.84. The molecule has 1 aliphatic rings. The summed E-state index contributed by atoms with van der Waals surface area (Å²) in [5.41, 5.74) is 1.25. The summed E-state index contributed by atoms with van der Waals surface area (Å²) in [7, 11) is 0. The van der Waals surface area contributed by atoms with Crippen molar-refractivity contribution in [1.82, 2.24) is 5.32 Å². The predicted octanol–water partition coefficient (Wildman–Crippen LogP) is 2.51. The minimum Gasteiger partial charge on any atom is -0.373 e. The highest BCUT2D eigenvalue weighted by Gasteiger charge is 2.08. The van der Waals surface area contributed by atoms with Gasteiger partial charge in [-0.15, -0.1) is 0 Å². The maximum absolute atomic E-state index is 5.91. The summed E-state index contributed by atoms with van der Waals surface area (Å²) in [6.45, 7) is 2.76. The van der Waals surface area contributed by atoms with E-state index in [2.05, 4.69) is 41.7 Å². The number of hydrogen-bond donors (Lipinski definition) is 1. The van der Waals surface area contributed by atoms with E-state index in [1.54, 1.807) is 0 Å². The quantitative estimate of drug-likeness (QED) is 0.785. The van der Waals surface area contributed by atoms with Gasteiger partial charge in [0.25, 0.3) is 0 Å². The standard InChI is InChI=1S/C14H19NO/c1-2-6-13(7-3-1)12-16-14-8-4-5-10-15-11-9-14/h1-7,14-15H,8-12H2. The molecule has 0 amide bonds. The van der Waals surface area contributed by atoms with Gasteiger partial charge in [-0.05, 0) is 24.9 Å². The van der Waals surface area contributed by atoms with Crippen LogP contribution in [0.1, 0.15) is 18.4 Å². The summed E-state index contributed by atoms with van der Waals surface area (Å²) in [6, 6.07) is 10.4. The first-order valence-corrected chi connectivity index (χ1v) is 5.96. The fourth-order valence-electron chi connectivity index (χ4n) is 1.84. The lowest BCUT2D eigenvalue weighted by Crippen LogP contribution is -2.24. The molecule has 2 heteroatoms. The zero-order chi connectivity index (χ0) is 11.1. The zero-order valence-corrected chi connectivity index (χ0v) is 9.56. The molecule has 0 saturated heterocycles. The van der Waals surface area contributed by atoms with Crippen molar-refractivity contribution in [1.29, 1.82) is 0 Å². The fraction of sp³-hybridized carbons (Fsp3) is 0.429. The third-order valence-corrected chi connectivity index (χ3v) is 2.80. The summed E-state index contributed by atoms with van der Waals surface area (Å²) in [5, 5.41) is 3.35. The molecular formula is C14H19NO. The molecule has 0 fully saturated rings. The number of rotatable bonds is 3. The van der Waals surface area contributed by atoms with Crippen LogP contribution in [0.25, 0.3) is 0 Å².